The zero-order chi connectivity index (χ0) is 16.7. The minimum absolute atomic E-state index is 0.146. The van der Waals surface area contributed by atoms with Crippen LogP contribution in [0.4, 0.5) is 14.5 Å². The summed E-state index contributed by atoms with van der Waals surface area (Å²) in [7, 11) is 0. The van der Waals surface area contributed by atoms with Gasteiger partial charge in [0.05, 0.1) is 18.0 Å². The van der Waals surface area contributed by atoms with Crippen molar-refractivity contribution in [2.24, 2.45) is 0 Å². The molecule has 0 aliphatic carbocycles. The van der Waals surface area contributed by atoms with Crippen molar-refractivity contribution in [1.29, 1.82) is 0 Å². The van der Waals surface area contributed by atoms with E-state index in [2.05, 4.69) is 5.32 Å². The Hall–Kier alpha value is -2.08. The zero-order valence-corrected chi connectivity index (χ0v) is 13.5. The maximum atomic E-state index is 13.4. The highest BCUT2D eigenvalue weighted by Crippen LogP contribution is 2.16. The van der Waals surface area contributed by atoms with Gasteiger partial charge >= 0.3 is 0 Å². The molecular formula is C17H17F2NO2S. The van der Waals surface area contributed by atoms with Crippen LogP contribution in [-0.2, 0) is 4.79 Å². The summed E-state index contributed by atoms with van der Waals surface area (Å²) >= 11 is 1.36. The fourth-order valence-electron chi connectivity index (χ4n) is 1.80. The monoisotopic (exact) mass is 337 g/mol. The number of nitrogens with one attached hydrogen (secondary N) is 1. The normalized spacial score (nSPS) is 10.4. The number of thioether (sulfide) groups is 1. The van der Waals surface area contributed by atoms with Gasteiger partial charge in [-0.3, -0.25) is 4.79 Å². The van der Waals surface area contributed by atoms with E-state index in [0.717, 1.165) is 29.5 Å². The van der Waals surface area contributed by atoms with Gasteiger partial charge in [0.15, 0.2) is 0 Å². The van der Waals surface area contributed by atoms with E-state index in [1.54, 1.807) is 0 Å². The van der Waals surface area contributed by atoms with Gasteiger partial charge in [-0.25, -0.2) is 8.78 Å². The number of aryl methyl sites for hydroxylation is 1. The van der Waals surface area contributed by atoms with Crippen LogP contribution in [0.2, 0.25) is 0 Å². The summed E-state index contributed by atoms with van der Waals surface area (Å²) < 4.78 is 31.9. The molecule has 1 amide bonds. The summed E-state index contributed by atoms with van der Waals surface area (Å²) in [4.78, 5) is 11.7. The molecule has 0 aliphatic rings. The molecule has 23 heavy (non-hydrogen) atoms. The van der Waals surface area contributed by atoms with Crippen molar-refractivity contribution >= 4 is 23.4 Å². The van der Waals surface area contributed by atoms with Gasteiger partial charge < -0.3 is 10.1 Å². The quantitative estimate of drug-likeness (QED) is 0.776. The molecule has 0 aromatic heterocycles. The number of ether oxygens (including phenoxy) is 1. The second-order valence-electron chi connectivity index (χ2n) is 4.89. The Kier molecular flexibility index (Phi) is 6.40. The van der Waals surface area contributed by atoms with Crippen LogP contribution in [0.3, 0.4) is 0 Å². The largest absolute Gasteiger partial charge is 0.493 e. The van der Waals surface area contributed by atoms with E-state index in [0.29, 0.717) is 12.4 Å². The van der Waals surface area contributed by atoms with Gasteiger partial charge in [-0.1, -0.05) is 17.7 Å². The van der Waals surface area contributed by atoms with Crippen LogP contribution >= 0.6 is 11.8 Å². The number of benzene rings is 2. The number of rotatable bonds is 7. The highest BCUT2D eigenvalue weighted by atomic mass is 32.2. The summed E-state index contributed by atoms with van der Waals surface area (Å²) in [6.45, 7) is 2.47. The molecule has 0 saturated heterocycles. The van der Waals surface area contributed by atoms with E-state index in [1.807, 2.05) is 31.2 Å². The van der Waals surface area contributed by atoms with E-state index < -0.39 is 11.6 Å². The van der Waals surface area contributed by atoms with Crippen molar-refractivity contribution in [1.82, 2.24) is 0 Å². The number of hydrogen-bond acceptors (Lipinski definition) is 3. The first-order valence-corrected chi connectivity index (χ1v) is 8.22. The molecule has 1 N–H and O–H groups in total. The molecule has 0 spiro atoms. The van der Waals surface area contributed by atoms with E-state index in [4.69, 9.17) is 4.74 Å². The van der Waals surface area contributed by atoms with Crippen molar-refractivity contribution in [3.05, 3.63) is 59.7 Å². The van der Waals surface area contributed by atoms with Crippen molar-refractivity contribution in [2.45, 2.75) is 6.92 Å². The lowest BCUT2D eigenvalue weighted by Crippen LogP contribution is -2.16. The summed E-state index contributed by atoms with van der Waals surface area (Å²) in [5.41, 5.74) is 1.01. The molecule has 2 aromatic carbocycles. The zero-order valence-electron chi connectivity index (χ0n) is 12.6. The minimum Gasteiger partial charge on any atom is -0.493 e. The van der Waals surface area contributed by atoms with E-state index in [-0.39, 0.29) is 17.3 Å². The first-order chi connectivity index (χ1) is 11.0. The summed E-state index contributed by atoms with van der Waals surface area (Å²) in [5.74, 6) is -0.0919. The van der Waals surface area contributed by atoms with Crippen molar-refractivity contribution < 1.29 is 18.3 Å². The van der Waals surface area contributed by atoms with Crippen LogP contribution in [-0.4, -0.2) is 24.0 Å². The molecule has 2 rings (SSSR count). The molecule has 0 unspecified atom stereocenters. The summed E-state index contributed by atoms with van der Waals surface area (Å²) in [5, 5.41) is 2.35. The Labute approximate surface area is 138 Å². The maximum Gasteiger partial charge on any atom is 0.234 e. The topological polar surface area (TPSA) is 38.3 Å². The Morgan fingerprint density at radius 2 is 1.91 bits per heavy atom. The summed E-state index contributed by atoms with van der Waals surface area (Å²) in [6, 6.07) is 10.6. The Morgan fingerprint density at radius 3 is 2.65 bits per heavy atom. The number of hydrogen-bond donors (Lipinski definition) is 1. The lowest BCUT2D eigenvalue weighted by molar-refractivity contribution is -0.113. The van der Waals surface area contributed by atoms with Gasteiger partial charge in [0.25, 0.3) is 0 Å². The number of halogens is 2. The van der Waals surface area contributed by atoms with Gasteiger partial charge in [0, 0.05) is 11.8 Å². The molecule has 0 radical (unpaired) electrons. The minimum atomic E-state index is -0.660. The first kappa shape index (κ1) is 17.3. The third-order valence-electron chi connectivity index (χ3n) is 2.95. The van der Waals surface area contributed by atoms with Crippen molar-refractivity contribution in [2.75, 3.05) is 23.4 Å². The number of carbonyl (C=O) groups is 1. The molecule has 0 saturated carbocycles. The maximum absolute atomic E-state index is 13.4. The average molecular weight is 337 g/mol. The second-order valence-corrected chi connectivity index (χ2v) is 5.99. The fraction of sp³-hybridized carbons (Fsp3) is 0.235. The predicted octanol–water partition coefficient (Wildman–Crippen LogP) is 4.02. The standard InChI is InChI=1S/C17H17F2NO2S/c1-12-2-5-14(6-3-12)22-8-9-23-11-17(21)20-16-10-13(18)4-7-15(16)19/h2-7,10H,8-9,11H2,1H3,(H,20,21). The average Bonchev–Trinajstić information content (AvgIpc) is 2.52. The Morgan fingerprint density at radius 1 is 1.17 bits per heavy atom. The van der Waals surface area contributed by atoms with E-state index >= 15 is 0 Å². The molecule has 0 bridgehead atoms. The molecule has 6 heteroatoms. The van der Waals surface area contributed by atoms with Gasteiger partial charge in [-0.2, -0.15) is 0 Å². The van der Waals surface area contributed by atoms with Crippen LogP contribution in [0.25, 0.3) is 0 Å². The summed E-state index contributed by atoms with van der Waals surface area (Å²) in [6.07, 6.45) is 0. The van der Waals surface area contributed by atoms with Crippen LogP contribution in [0.5, 0.6) is 5.75 Å². The van der Waals surface area contributed by atoms with Gasteiger partial charge in [0.2, 0.25) is 5.91 Å². The molecule has 122 valence electrons. The molecule has 3 nitrogen and oxygen atoms in total. The molecular weight excluding hydrogens is 320 g/mol. The predicted molar refractivity (Wildman–Crippen MR) is 89.0 cm³/mol. The van der Waals surface area contributed by atoms with E-state index in [9.17, 15) is 13.6 Å². The van der Waals surface area contributed by atoms with Crippen LogP contribution < -0.4 is 10.1 Å². The lowest BCUT2D eigenvalue weighted by Gasteiger charge is -2.08. The Balaban J connectivity index is 1.67. The van der Waals surface area contributed by atoms with Gasteiger partial charge in [-0.05, 0) is 31.2 Å². The number of anilines is 1. The van der Waals surface area contributed by atoms with E-state index in [1.165, 1.54) is 11.8 Å². The number of amides is 1. The van der Waals surface area contributed by atoms with Gasteiger partial charge in [-0.15, -0.1) is 11.8 Å². The lowest BCUT2D eigenvalue weighted by atomic mass is 10.2. The molecule has 0 fully saturated rings. The second kappa shape index (κ2) is 8.53. The fourth-order valence-corrected chi connectivity index (χ4v) is 2.40. The molecule has 2 aromatic rings. The van der Waals surface area contributed by atoms with Crippen LogP contribution in [0.15, 0.2) is 42.5 Å². The SMILES string of the molecule is Cc1ccc(OCCSCC(=O)Nc2cc(F)ccc2F)cc1. The third kappa shape index (κ3) is 5.90. The molecule has 0 atom stereocenters. The highest BCUT2D eigenvalue weighted by molar-refractivity contribution is 7.99. The van der Waals surface area contributed by atoms with Crippen LogP contribution in [0.1, 0.15) is 5.56 Å². The third-order valence-corrected chi connectivity index (χ3v) is 3.87. The smallest absolute Gasteiger partial charge is 0.234 e. The highest BCUT2D eigenvalue weighted by Gasteiger charge is 2.08. The first-order valence-electron chi connectivity index (χ1n) is 7.07. The van der Waals surface area contributed by atoms with Gasteiger partial charge in [0.1, 0.15) is 17.4 Å². The van der Waals surface area contributed by atoms with Crippen LogP contribution in [0, 0.1) is 18.6 Å². The Bertz CT molecular complexity index is 662. The molecule has 0 heterocycles. The van der Waals surface area contributed by atoms with Crippen molar-refractivity contribution in [3.63, 3.8) is 0 Å². The number of carbonyl (C=O) groups excluding carboxylic acids is 1. The molecule has 0 aliphatic heterocycles. The van der Waals surface area contributed by atoms with Crippen molar-refractivity contribution in [3.8, 4) is 5.75 Å².